The maximum absolute atomic E-state index is 12.7. The van der Waals surface area contributed by atoms with Crippen LogP contribution in [0.2, 0.25) is 5.02 Å². The Bertz CT molecular complexity index is 706. The van der Waals surface area contributed by atoms with E-state index in [4.69, 9.17) is 11.6 Å². The van der Waals surface area contributed by atoms with E-state index in [1.54, 1.807) is 13.8 Å². The first-order chi connectivity index (χ1) is 10.8. The average Bonchev–Trinajstić information content (AvgIpc) is 2.37. The summed E-state index contributed by atoms with van der Waals surface area (Å²) in [5.41, 5.74) is -1.20. The molecule has 0 aliphatic rings. The van der Waals surface area contributed by atoms with E-state index in [-0.39, 0.29) is 23.2 Å². The summed E-state index contributed by atoms with van der Waals surface area (Å²) < 4.78 is 62.4. The first-order valence-electron chi connectivity index (χ1n) is 6.92. The lowest BCUT2D eigenvalue weighted by Gasteiger charge is -2.21. The molecule has 0 aliphatic carbocycles. The lowest BCUT2D eigenvalue weighted by molar-refractivity contribution is -0.137. The highest BCUT2D eigenvalue weighted by molar-refractivity contribution is 7.88. The standard InChI is InChI=1S/C14H18ClF3N2O3S/c1-9(2)7-20(24(3,22)23)8-13(21)19-12-6-10(14(16,17)18)4-5-11(12)15/h4-6,9H,7-8H2,1-3H3,(H,19,21). The van der Waals surface area contributed by atoms with E-state index in [1.807, 2.05) is 0 Å². The third-order valence-electron chi connectivity index (χ3n) is 2.93. The number of benzene rings is 1. The molecule has 0 saturated heterocycles. The number of carbonyl (C=O) groups excluding carboxylic acids is 1. The third kappa shape index (κ3) is 6.29. The number of nitrogens with zero attached hydrogens (tertiary/aromatic N) is 1. The van der Waals surface area contributed by atoms with Gasteiger partial charge in [-0.05, 0) is 24.1 Å². The number of sulfonamides is 1. The molecule has 0 radical (unpaired) electrons. The van der Waals surface area contributed by atoms with Crippen LogP contribution in [0.1, 0.15) is 19.4 Å². The van der Waals surface area contributed by atoms with Crippen LogP contribution < -0.4 is 5.32 Å². The molecule has 0 spiro atoms. The van der Waals surface area contributed by atoms with Gasteiger partial charge in [0.1, 0.15) is 0 Å². The van der Waals surface area contributed by atoms with Crippen molar-refractivity contribution in [2.75, 3.05) is 24.7 Å². The highest BCUT2D eigenvalue weighted by Gasteiger charge is 2.31. The molecular weight excluding hydrogens is 369 g/mol. The van der Waals surface area contributed by atoms with Gasteiger partial charge in [-0.1, -0.05) is 25.4 Å². The fraction of sp³-hybridized carbons (Fsp3) is 0.500. The number of hydrogen-bond acceptors (Lipinski definition) is 3. The van der Waals surface area contributed by atoms with Crippen molar-refractivity contribution in [1.82, 2.24) is 4.31 Å². The van der Waals surface area contributed by atoms with E-state index in [0.717, 1.165) is 22.7 Å². The number of alkyl halides is 3. The second-order valence-corrected chi connectivity index (χ2v) is 8.08. The minimum Gasteiger partial charge on any atom is -0.324 e. The van der Waals surface area contributed by atoms with Crippen LogP contribution in [0.15, 0.2) is 18.2 Å². The molecule has 1 aromatic carbocycles. The van der Waals surface area contributed by atoms with Gasteiger partial charge in [0, 0.05) is 6.54 Å². The Morgan fingerprint density at radius 2 is 1.92 bits per heavy atom. The number of anilines is 1. The molecule has 136 valence electrons. The Kier molecular flexibility index (Phi) is 6.66. The molecule has 1 amide bonds. The molecule has 0 atom stereocenters. The number of nitrogens with one attached hydrogen (secondary N) is 1. The molecule has 0 heterocycles. The summed E-state index contributed by atoms with van der Waals surface area (Å²) >= 11 is 5.79. The fourth-order valence-electron chi connectivity index (χ4n) is 1.87. The van der Waals surface area contributed by atoms with Crippen molar-refractivity contribution in [2.45, 2.75) is 20.0 Å². The molecule has 24 heavy (non-hydrogen) atoms. The Morgan fingerprint density at radius 1 is 1.33 bits per heavy atom. The lowest BCUT2D eigenvalue weighted by atomic mass is 10.2. The second kappa shape index (κ2) is 7.71. The van der Waals surface area contributed by atoms with E-state index in [9.17, 15) is 26.4 Å². The first kappa shape index (κ1) is 20.7. The van der Waals surface area contributed by atoms with Crippen LogP contribution >= 0.6 is 11.6 Å². The zero-order valence-electron chi connectivity index (χ0n) is 13.3. The molecule has 0 bridgehead atoms. The number of amides is 1. The summed E-state index contributed by atoms with van der Waals surface area (Å²) in [5, 5.41) is 2.14. The van der Waals surface area contributed by atoms with Crippen molar-refractivity contribution in [3.63, 3.8) is 0 Å². The number of rotatable bonds is 6. The van der Waals surface area contributed by atoms with E-state index in [1.165, 1.54) is 0 Å². The molecule has 0 unspecified atom stereocenters. The van der Waals surface area contributed by atoms with Gasteiger partial charge in [0.25, 0.3) is 0 Å². The summed E-state index contributed by atoms with van der Waals surface area (Å²) in [6, 6.07) is 2.51. The zero-order valence-corrected chi connectivity index (χ0v) is 14.9. The molecule has 10 heteroatoms. The van der Waals surface area contributed by atoms with Crippen molar-refractivity contribution in [3.05, 3.63) is 28.8 Å². The Hall–Kier alpha value is -1.32. The van der Waals surface area contributed by atoms with Crippen molar-refractivity contribution in [1.29, 1.82) is 0 Å². The zero-order chi connectivity index (χ0) is 18.7. The van der Waals surface area contributed by atoms with Crippen LogP contribution in [0.4, 0.5) is 18.9 Å². The maximum Gasteiger partial charge on any atom is 0.416 e. The summed E-state index contributed by atoms with van der Waals surface area (Å²) in [5.74, 6) is -0.799. The van der Waals surface area contributed by atoms with Crippen molar-refractivity contribution < 1.29 is 26.4 Å². The van der Waals surface area contributed by atoms with E-state index >= 15 is 0 Å². The molecule has 0 saturated carbocycles. The number of carbonyl (C=O) groups is 1. The summed E-state index contributed by atoms with van der Waals surface area (Å²) in [6.07, 6.45) is -3.62. The van der Waals surface area contributed by atoms with Gasteiger partial charge in [-0.2, -0.15) is 17.5 Å². The van der Waals surface area contributed by atoms with Crippen LogP contribution in [-0.2, 0) is 21.0 Å². The van der Waals surface area contributed by atoms with Gasteiger partial charge in [-0.3, -0.25) is 4.79 Å². The van der Waals surface area contributed by atoms with Crippen LogP contribution in [0.5, 0.6) is 0 Å². The molecule has 0 aliphatic heterocycles. The van der Waals surface area contributed by atoms with Crippen molar-refractivity contribution in [3.8, 4) is 0 Å². The minimum atomic E-state index is -4.58. The third-order valence-corrected chi connectivity index (χ3v) is 4.47. The van der Waals surface area contributed by atoms with Crippen LogP contribution in [-0.4, -0.2) is 38.0 Å². The van der Waals surface area contributed by atoms with E-state index in [0.29, 0.717) is 6.07 Å². The van der Waals surface area contributed by atoms with Crippen LogP contribution in [0.3, 0.4) is 0 Å². The lowest BCUT2D eigenvalue weighted by Crippen LogP contribution is -2.39. The van der Waals surface area contributed by atoms with Crippen molar-refractivity contribution in [2.24, 2.45) is 5.92 Å². The maximum atomic E-state index is 12.7. The van der Waals surface area contributed by atoms with Gasteiger partial charge < -0.3 is 5.32 Å². The first-order valence-corrected chi connectivity index (χ1v) is 9.15. The largest absolute Gasteiger partial charge is 0.416 e. The molecule has 0 aromatic heterocycles. The van der Waals surface area contributed by atoms with E-state index < -0.39 is 34.2 Å². The molecule has 1 aromatic rings. The molecular formula is C14H18ClF3N2O3S. The normalized spacial score (nSPS) is 12.7. The monoisotopic (exact) mass is 386 g/mol. The highest BCUT2D eigenvalue weighted by Crippen LogP contribution is 2.33. The van der Waals surface area contributed by atoms with Gasteiger partial charge in [-0.25, -0.2) is 8.42 Å². The highest BCUT2D eigenvalue weighted by atomic mass is 35.5. The van der Waals surface area contributed by atoms with Gasteiger partial charge in [0.15, 0.2) is 0 Å². The van der Waals surface area contributed by atoms with Crippen LogP contribution in [0.25, 0.3) is 0 Å². The molecule has 0 fully saturated rings. The Labute approximate surface area is 143 Å². The number of halogens is 4. The Morgan fingerprint density at radius 3 is 2.38 bits per heavy atom. The Balaban J connectivity index is 2.94. The molecule has 1 N–H and O–H groups in total. The minimum absolute atomic E-state index is 0.0235. The quantitative estimate of drug-likeness (QED) is 0.816. The molecule has 1 rings (SSSR count). The average molecular weight is 387 g/mol. The fourth-order valence-corrected chi connectivity index (χ4v) is 2.96. The number of hydrogen-bond donors (Lipinski definition) is 1. The van der Waals surface area contributed by atoms with Gasteiger partial charge >= 0.3 is 6.18 Å². The smallest absolute Gasteiger partial charge is 0.324 e. The SMILES string of the molecule is CC(C)CN(CC(=O)Nc1cc(C(F)(F)F)ccc1Cl)S(C)(=O)=O. The summed E-state index contributed by atoms with van der Waals surface area (Å²) in [6.45, 7) is 3.16. The van der Waals surface area contributed by atoms with E-state index in [2.05, 4.69) is 5.32 Å². The molecule has 5 nitrogen and oxygen atoms in total. The topological polar surface area (TPSA) is 66.5 Å². The van der Waals surface area contributed by atoms with Gasteiger partial charge in [0.2, 0.25) is 15.9 Å². The summed E-state index contributed by atoms with van der Waals surface area (Å²) in [7, 11) is -3.63. The van der Waals surface area contributed by atoms with Crippen LogP contribution in [0, 0.1) is 5.92 Å². The predicted octanol–water partition coefficient (Wildman–Crippen LogP) is 3.21. The van der Waals surface area contributed by atoms with Gasteiger partial charge in [-0.15, -0.1) is 0 Å². The van der Waals surface area contributed by atoms with Gasteiger partial charge in [0.05, 0.1) is 29.1 Å². The predicted molar refractivity (Wildman–Crippen MR) is 86.3 cm³/mol. The second-order valence-electron chi connectivity index (χ2n) is 5.69. The van der Waals surface area contributed by atoms with Crippen molar-refractivity contribution >= 4 is 33.2 Å². The summed E-state index contributed by atoms with van der Waals surface area (Å²) in [4.78, 5) is 12.0.